The van der Waals surface area contributed by atoms with Crippen LogP contribution in [0.5, 0.6) is 0 Å². The number of aliphatic carboxylic acids is 1. The number of amides is 2. The minimum Gasteiger partial charge on any atom is -0.480 e. The Morgan fingerprint density at radius 2 is 1.89 bits per heavy atom. The molecule has 0 radical (unpaired) electrons. The molecule has 2 amide bonds. The van der Waals surface area contributed by atoms with Crippen LogP contribution in [0, 0.1) is 0 Å². The largest absolute Gasteiger partial charge is 0.480 e. The second-order valence-electron chi connectivity index (χ2n) is 5.76. The highest BCUT2D eigenvalue weighted by Gasteiger charge is 2.42. The van der Waals surface area contributed by atoms with Gasteiger partial charge in [-0.05, 0) is 18.2 Å². The maximum absolute atomic E-state index is 12.9. The molecule has 1 fully saturated rings. The van der Waals surface area contributed by atoms with Crippen LogP contribution < -0.4 is 4.90 Å². The molecule has 3 rings (SSSR count). The van der Waals surface area contributed by atoms with Crippen LogP contribution in [-0.2, 0) is 24.5 Å². The molecule has 2 aliphatic heterocycles. The number of thiocarbonyl (C=S) groups is 1. The van der Waals surface area contributed by atoms with Crippen LogP contribution in [0.4, 0.5) is 5.69 Å². The zero-order valence-corrected chi connectivity index (χ0v) is 17.8. The number of rotatable bonds is 5. The number of hydrogen-bond donors (Lipinski definition) is 2. The Labute approximate surface area is 177 Å². The molecule has 0 aliphatic carbocycles. The highest BCUT2D eigenvalue weighted by molar-refractivity contribution is 9.10. The summed E-state index contributed by atoms with van der Waals surface area (Å²) in [5, 5.41) is 9.10. The molecule has 9 nitrogen and oxygen atoms in total. The van der Waals surface area contributed by atoms with E-state index in [1.165, 1.54) is 0 Å². The van der Waals surface area contributed by atoms with E-state index in [4.69, 9.17) is 21.9 Å². The number of hydrogen-bond acceptors (Lipinski definition) is 7. The van der Waals surface area contributed by atoms with E-state index in [1.54, 1.807) is 18.2 Å². The Morgan fingerprint density at radius 3 is 2.50 bits per heavy atom. The normalized spacial score (nSPS) is 19.6. The van der Waals surface area contributed by atoms with E-state index < -0.39 is 40.2 Å². The number of thioether (sulfide) groups is 1. The van der Waals surface area contributed by atoms with Gasteiger partial charge in [0.25, 0.3) is 21.9 Å². The summed E-state index contributed by atoms with van der Waals surface area (Å²) >= 11 is 9.22. The molecule has 0 atom stereocenters. The molecule has 0 aromatic heterocycles. The number of anilines is 1. The van der Waals surface area contributed by atoms with Gasteiger partial charge < -0.3 is 5.11 Å². The molecule has 148 valence electrons. The van der Waals surface area contributed by atoms with Crippen molar-refractivity contribution in [2.45, 2.75) is 0 Å². The summed E-state index contributed by atoms with van der Waals surface area (Å²) in [7, 11) is -4.31. The van der Waals surface area contributed by atoms with Gasteiger partial charge in [0, 0.05) is 16.6 Å². The lowest BCUT2D eigenvalue weighted by atomic mass is 10.1. The van der Waals surface area contributed by atoms with Gasteiger partial charge in [-0.15, -0.1) is 0 Å². The van der Waals surface area contributed by atoms with Crippen LogP contribution in [0.25, 0.3) is 5.57 Å². The summed E-state index contributed by atoms with van der Waals surface area (Å²) in [6, 6.07) is 4.79. The predicted molar refractivity (Wildman–Crippen MR) is 109 cm³/mol. The molecular formula is C15H11BrN2O7S3. The molecule has 2 aliphatic rings. The summed E-state index contributed by atoms with van der Waals surface area (Å²) in [6.07, 6.45) is 0. The SMILES string of the molecule is O=C(O)CN1C(=O)C(=C2SC(=S)N(CCS(=O)(=O)O)C2=O)c2cc(Br)ccc21. The Kier molecular flexibility index (Phi) is 5.64. The van der Waals surface area contributed by atoms with Crippen molar-refractivity contribution < 1.29 is 32.5 Å². The second kappa shape index (κ2) is 7.55. The monoisotopic (exact) mass is 506 g/mol. The van der Waals surface area contributed by atoms with E-state index >= 15 is 0 Å². The number of halogens is 1. The lowest BCUT2D eigenvalue weighted by Gasteiger charge is -2.14. The Hall–Kier alpha value is -1.80. The predicted octanol–water partition coefficient (Wildman–Crippen LogP) is 1.34. The fourth-order valence-electron chi connectivity index (χ4n) is 2.76. The maximum atomic E-state index is 12.9. The standard InChI is InChI=1S/C15H11BrN2O7S3/c16-7-1-2-9-8(5-7)11(13(21)18(9)6-10(19)20)12-14(22)17(15(26)27-12)3-4-28(23,24)25/h1-2,5H,3-4,6H2,(H,19,20)(H,23,24,25). The number of carboxylic acids is 1. The number of fused-ring (bicyclic) bond motifs is 1. The zero-order valence-electron chi connectivity index (χ0n) is 13.8. The van der Waals surface area contributed by atoms with Gasteiger partial charge in [-0.25, -0.2) is 0 Å². The first-order valence-electron chi connectivity index (χ1n) is 7.56. The number of carbonyl (C=O) groups excluding carboxylic acids is 2. The average molecular weight is 507 g/mol. The van der Waals surface area contributed by atoms with E-state index in [9.17, 15) is 22.8 Å². The smallest absolute Gasteiger partial charge is 0.323 e. The van der Waals surface area contributed by atoms with E-state index in [2.05, 4.69) is 15.9 Å². The minimum atomic E-state index is -4.31. The van der Waals surface area contributed by atoms with E-state index in [-0.39, 0.29) is 21.3 Å². The van der Waals surface area contributed by atoms with Crippen molar-refractivity contribution in [2.75, 3.05) is 23.7 Å². The second-order valence-corrected chi connectivity index (χ2v) is 9.89. The van der Waals surface area contributed by atoms with Crippen LogP contribution in [0.1, 0.15) is 5.56 Å². The maximum Gasteiger partial charge on any atom is 0.323 e. The van der Waals surface area contributed by atoms with E-state index in [0.29, 0.717) is 15.7 Å². The van der Waals surface area contributed by atoms with Crippen LogP contribution in [-0.4, -0.2) is 63.9 Å². The Balaban J connectivity index is 2.07. The number of nitrogens with zero attached hydrogens (tertiary/aromatic N) is 2. The number of carbonyl (C=O) groups is 3. The van der Waals surface area contributed by atoms with Crippen LogP contribution >= 0.6 is 39.9 Å². The molecule has 1 aromatic carbocycles. The minimum absolute atomic E-state index is 0.00394. The van der Waals surface area contributed by atoms with Crippen molar-refractivity contribution in [3.8, 4) is 0 Å². The van der Waals surface area contributed by atoms with Gasteiger partial charge in [-0.3, -0.25) is 28.7 Å². The first kappa shape index (κ1) is 20.9. The highest BCUT2D eigenvalue weighted by atomic mass is 79.9. The van der Waals surface area contributed by atoms with Gasteiger partial charge in [-0.2, -0.15) is 8.42 Å². The molecule has 0 spiro atoms. The van der Waals surface area contributed by atoms with Gasteiger partial charge in [-0.1, -0.05) is 39.9 Å². The Bertz CT molecular complexity index is 1070. The summed E-state index contributed by atoms with van der Waals surface area (Å²) in [5.74, 6) is -3.26. The lowest BCUT2D eigenvalue weighted by Crippen LogP contribution is -2.34. The van der Waals surface area contributed by atoms with E-state index in [0.717, 1.165) is 21.6 Å². The van der Waals surface area contributed by atoms with E-state index in [1.807, 2.05) is 0 Å². The van der Waals surface area contributed by atoms with Crippen molar-refractivity contribution in [1.82, 2.24) is 4.90 Å². The Morgan fingerprint density at radius 1 is 1.21 bits per heavy atom. The summed E-state index contributed by atoms with van der Waals surface area (Å²) in [6.45, 7) is -0.946. The van der Waals surface area contributed by atoms with Gasteiger partial charge in [0.1, 0.15) is 10.9 Å². The molecule has 1 aromatic rings. The molecular weight excluding hydrogens is 496 g/mol. The third-order valence-corrected chi connectivity index (χ3v) is 6.56. The van der Waals surface area contributed by atoms with Crippen molar-refractivity contribution in [1.29, 1.82) is 0 Å². The first-order valence-corrected chi connectivity index (χ1v) is 11.2. The van der Waals surface area contributed by atoms with Crippen molar-refractivity contribution in [2.24, 2.45) is 0 Å². The van der Waals surface area contributed by atoms with Crippen LogP contribution in [0.3, 0.4) is 0 Å². The molecule has 0 saturated carbocycles. The number of carboxylic acid groups (broad SMARTS) is 1. The number of benzene rings is 1. The van der Waals surface area contributed by atoms with Gasteiger partial charge >= 0.3 is 5.97 Å². The quantitative estimate of drug-likeness (QED) is 0.344. The molecule has 2 N–H and O–H groups in total. The first-order chi connectivity index (χ1) is 13.0. The summed E-state index contributed by atoms with van der Waals surface area (Å²) in [5.41, 5.74) is 0.717. The topological polar surface area (TPSA) is 132 Å². The molecule has 0 unspecified atom stereocenters. The third-order valence-electron chi connectivity index (χ3n) is 3.92. The average Bonchev–Trinajstić information content (AvgIpc) is 2.98. The van der Waals surface area contributed by atoms with Crippen LogP contribution in [0.15, 0.2) is 27.6 Å². The molecule has 13 heteroatoms. The van der Waals surface area contributed by atoms with Gasteiger partial charge in [0.2, 0.25) is 0 Å². The van der Waals surface area contributed by atoms with Gasteiger partial charge in [0.15, 0.2) is 0 Å². The fraction of sp³-hybridized carbons (Fsp3) is 0.200. The summed E-state index contributed by atoms with van der Waals surface area (Å²) in [4.78, 5) is 38.8. The summed E-state index contributed by atoms with van der Waals surface area (Å²) < 4.78 is 31.5. The van der Waals surface area contributed by atoms with Crippen LogP contribution in [0.2, 0.25) is 0 Å². The van der Waals surface area contributed by atoms with Crippen molar-refractivity contribution >= 4 is 83.4 Å². The molecule has 28 heavy (non-hydrogen) atoms. The zero-order chi connectivity index (χ0) is 20.8. The lowest BCUT2D eigenvalue weighted by molar-refractivity contribution is -0.136. The third kappa shape index (κ3) is 3.98. The van der Waals surface area contributed by atoms with Gasteiger partial charge in [0.05, 0.1) is 21.9 Å². The molecule has 1 saturated heterocycles. The fourth-order valence-corrected chi connectivity index (χ4v) is 4.92. The van der Waals surface area contributed by atoms with Crippen molar-refractivity contribution in [3.05, 3.63) is 33.1 Å². The molecule has 2 heterocycles. The highest BCUT2D eigenvalue weighted by Crippen LogP contribution is 2.45. The van der Waals surface area contributed by atoms with Crippen molar-refractivity contribution in [3.63, 3.8) is 0 Å². The molecule has 0 bridgehead atoms.